The average Bonchev–Trinajstić information content (AvgIpc) is 2.08. The first-order chi connectivity index (χ1) is 7.69. The molecule has 1 aromatic carbocycles. The zero-order valence-corrected chi connectivity index (χ0v) is 13.3. The van der Waals surface area contributed by atoms with Crippen LogP contribution in [0.3, 0.4) is 0 Å². The number of carbonyl (C=O) groups is 1. The number of nitrogen functional groups attached to an aromatic ring is 1. The van der Waals surface area contributed by atoms with Crippen molar-refractivity contribution in [1.29, 1.82) is 0 Å². The normalized spacial score (nSPS) is 11.4. The molecule has 0 aliphatic heterocycles. The SMILES string of the molecule is CC(C)(C)CC(=O)Nc1c(N)cc(Br)cc1Br. The van der Waals surface area contributed by atoms with Gasteiger partial charge in [-0.05, 0) is 33.5 Å². The van der Waals surface area contributed by atoms with E-state index in [1.165, 1.54) is 0 Å². The van der Waals surface area contributed by atoms with Crippen LogP contribution in [0, 0.1) is 5.41 Å². The second-order valence-corrected chi connectivity index (χ2v) is 6.91. The van der Waals surface area contributed by atoms with Crippen LogP contribution in [0.5, 0.6) is 0 Å². The van der Waals surface area contributed by atoms with E-state index in [1.807, 2.05) is 26.8 Å². The largest absolute Gasteiger partial charge is 0.397 e. The Hall–Kier alpha value is -0.550. The van der Waals surface area contributed by atoms with E-state index in [-0.39, 0.29) is 11.3 Å². The van der Waals surface area contributed by atoms with Gasteiger partial charge >= 0.3 is 0 Å². The van der Waals surface area contributed by atoms with Gasteiger partial charge < -0.3 is 11.1 Å². The van der Waals surface area contributed by atoms with Crippen molar-refractivity contribution in [2.75, 3.05) is 11.1 Å². The molecule has 0 bridgehead atoms. The Labute approximate surface area is 118 Å². The lowest BCUT2D eigenvalue weighted by Crippen LogP contribution is -2.20. The number of nitrogens with one attached hydrogen (secondary N) is 1. The molecule has 3 N–H and O–H groups in total. The first-order valence-electron chi connectivity index (χ1n) is 5.23. The molecule has 5 heteroatoms. The van der Waals surface area contributed by atoms with E-state index < -0.39 is 0 Å². The van der Waals surface area contributed by atoms with Crippen molar-refractivity contribution in [3.8, 4) is 0 Å². The Morgan fingerprint density at radius 2 is 1.94 bits per heavy atom. The monoisotopic (exact) mass is 362 g/mol. The molecule has 3 nitrogen and oxygen atoms in total. The second kappa shape index (κ2) is 5.40. The molecular weight excluding hydrogens is 348 g/mol. The van der Waals surface area contributed by atoms with E-state index in [4.69, 9.17) is 5.73 Å². The Balaban J connectivity index is 2.86. The van der Waals surface area contributed by atoms with E-state index in [1.54, 1.807) is 6.07 Å². The third-order valence-electron chi connectivity index (χ3n) is 2.04. The van der Waals surface area contributed by atoms with Crippen molar-refractivity contribution in [3.63, 3.8) is 0 Å². The Bertz CT molecular complexity index is 416. The Kier molecular flexibility index (Phi) is 4.61. The third-order valence-corrected chi connectivity index (χ3v) is 3.12. The number of hydrogen-bond donors (Lipinski definition) is 2. The number of anilines is 2. The molecule has 0 saturated carbocycles. The van der Waals surface area contributed by atoms with Gasteiger partial charge in [-0.1, -0.05) is 36.7 Å². The van der Waals surface area contributed by atoms with E-state index >= 15 is 0 Å². The molecule has 1 aromatic rings. The highest BCUT2D eigenvalue weighted by Crippen LogP contribution is 2.33. The van der Waals surface area contributed by atoms with Crippen LogP contribution in [-0.4, -0.2) is 5.91 Å². The molecule has 94 valence electrons. The lowest BCUT2D eigenvalue weighted by atomic mass is 9.92. The highest BCUT2D eigenvalue weighted by atomic mass is 79.9. The fourth-order valence-corrected chi connectivity index (χ4v) is 2.75. The van der Waals surface area contributed by atoms with Crippen molar-refractivity contribution in [2.45, 2.75) is 27.2 Å². The van der Waals surface area contributed by atoms with Gasteiger partial charge in [-0.25, -0.2) is 0 Å². The summed E-state index contributed by atoms with van der Waals surface area (Å²) in [5, 5.41) is 2.83. The maximum atomic E-state index is 11.8. The number of carbonyl (C=O) groups excluding carboxylic acids is 1. The van der Waals surface area contributed by atoms with Gasteiger partial charge in [0, 0.05) is 15.4 Å². The standard InChI is InChI=1S/C12H16Br2N2O/c1-12(2,3)6-10(17)16-11-8(14)4-7(13)5-9(11)15/h4-5H,6,15H2,1-3H3,(H,16,17). The zero-order valence-electron chi connectivity index (χ0n) is 10.1. The first-order valence-corrected chi connectivity index (χ1v) is 6.82. The lowest BCUT2D eigenvalue weighted by molar-refractivity contribution is -0.117. The smallest absolute Gasteiger partial charge is 0.224 e. The van der Waals surface area contributed by atoms with Gasteiger partial charge in [0.15, 0.2) is 0 Å². The van der Waals surface area contributed by atoms with Gasteiger partial charge in [-0.3, -0.25) is 4.79 Å². The summed E-state index contributed by atoms with van der Waals surface area (Å²) >= 11 is 6.72. The molecule has 0 spiro atoms. The molecule has 0 unspecified atom stereocenters. The summed E-state index contributed by atoms with van der Waals surface area (Å²) in [6.07, 6.45) is 0.453. The van der Waals surface area contributed by atoms with Crippen LogP contribution in [0.15, 0.2) is 21.1 Å². The maximum Gasteiger partial charge on any atom is 0.224 e. The van der Waals surface area contributed by atoms with Crippen LogP contribution in [0.25, 0.3) is 0 Å². The zero-order chi connectivity index (χ0) is 13.2. The molecule has 0 saturated heterocycles. The van der Waals surface area contributed by atoms with Crippen molar-refractivity contribution in [1.82, 2.24) is 0 Å². The predicted molar refractivity (Wildman–Crippen MR) is 79.0 cm³/mol. The van der Waals surface area contributed by atoms with Gasteiger partial charge in [0.1, 0.15) is 0 Å². The summed E-state index contributed by atoms with van der Waals surface area (Å²) in [6, 6.07) is 3.61. The van der Waals surface area contributed by atoms with E-state index in [0.29, 0.717) is 17.8 Å². The summed E-state index contributed by atoms with van der Waals surface area (Å²) in [5.74, 6) is -0.0350. The summed E-state index contributed by atoms with van der Waals surface area (Å²) < 4.78 is 1.64. The van der Waals surface area contributed by atoms with Crippen LogP contribution in [0.1, 0.15) is 27.2 Å². The number of rotatable bonds is 2. The van der Waals surface area contributed by atoms with Gasteiger partial charge in [0.05, 0.1) is 11.4 Å². The van der Waals surface area contributed by atoms with E-state index in [0.717, 1.165) is 8.95 Å². The minimum Gasteiger partial charge on any atom is -0.397 e. The fourth-order valence-electron chi connectivity index (χ4n) is 1.39. The van der Waals surface area contributed by atoms with Crippen LogP contribution < -0.4 is 11.1 Å². The average molecular weight is 364 g/mol. The summed E-state index contributed by atoms with van der Waals surface area (Å²) in [6.45, 7) is 6.06. The molecule has 17 heavy (non-hydrogen) atoms. The Morgan fingerprint density at radius 3 is 2.41 bits per heavy atom. The highest BCUT2D eigenvalue weighted by Gasteiger charge is 2.17. The molecule has 0 fully saturated rings. The molecule has 0 aliphatic carbocycles. The quantitative estimate of drug-likeness (QED) is 0.774. The third kappa shape index (κ3) is 4.68. The molecular formula is C12H16Br2N2O. The lowest BCUT2D eigenvalue weighted by Gasteiger charge is -2.18. The highest BCUT2D eigenvalue weighted by molar-refractivity contribution is 9.11. The van der Waals surface area contributed by atoms with E-state index in [2.05, 4.69) is 37.2 Å². The van der Waals surface area contributed by atoms with Crippen molar-refractivity contribution < 1.29 is 4.79 Å². The van der Waals surface area contributed by atoms with Crippen LogP contribution in [0.4, 0.5) is 11.4 Å². The van der Waals surface area contributed by atoms with Crippen molar-refractivity contribution >= 4 is 49.1 Å². The molecule has 0 heterocycles. The maximum absolute atomic E-state index is 11.8. The molecule has 1 amide bonds. The second-order valence-electron chi connectivity index (χ2n) is 5.14. The summed E-state index contributed by atoms with van der Waals surface area (Å²) in [7, 11) is 0. The van der Waals surface area contributed by atoms with Crippen molar-refractivity contribution in [3.05, 3.63) is 21.1 Å². The van der Waals surface area contributed by atoms with Gasteiger partial charge in [-0.2, -0.15) is 0 Å². The number of benzene rings is 1. The predicted octanol–water partition coefficient (Wildman–Crippen LogP) is 4.17. The molecule has 0 radical (unpaired) electrons. The van der Waals surface area contributed by atoms with Gasteiger partial charge in [0.2, 0.25) is 5.91 Å². The van der Waals surface area contributed by atoms with Gasteiger partial charge in [-0.15, -0.1) is 0 Å². The molecule has 0 aromatic heterocycles. The Morgan fingerprint density at radius 1 is 1.35 bits per heavy atom. The van der Waals surface area contributed by atoms with Crippen molar-refractivity contribution in [2.24, 2.45) is 5.41 Å². The summed E-state index contributed by atoms with van der Waals surface area (Å²) in [5.41, 5.74) is 6.98. The van der Waals surface area contributed by atoms with Crippen LogP contribution in [0.2, 0.25) is 0 Å². The summed E-state index contributed by atoms with van der Waals surface area (Å²) in [4.78, 5) is 11.8. The van der Waals surface area contributed by atoms with Crippen LogP contribution >= 0.6 is 31.9 Å². The van der Waals surface area contributed by atoms with Gasteiger partial charge in [0.25, 0.3) is 0 Å². The molecule has 0 aliphatic rings. The van der Waals surface area contributed by atoms with E-state index in [9.17, 15) is 4.79 Å². The number of hydrogen-bond acceptors (Lipinski definition) is 2. The first kappa shape index (κ1) is 14.5. The number of amides is 1. The minimum atomic E-state index is -0.0410. The number of nitrogens with two attached hydrogens (primary N) is 1. The molecule has 1 rings (SSSR count). The van der Waals surface area contributed by atoms with Crippen LogP contribution in [-0.2, 0) is 4.79 Å². The molecule has 0 atom stereocenters. The fraction of sp³-hybridized carbons (Fsp3) is 0.417. The topological polar surface area (TPSA) is 55.1 Å². The minimum absolute atomic E-state index is 0.0350. The number of halogens is 2.